The van der Waals surface area contributed by atoms with Crippen molar-refractivity contribution in [2.75, 3.05) is 0 Å². The van der Waals surface area contributed by atoms with Crippen LogP contribution in [0.5, 0.6) is 0 Å². The van der Waals surface area contributed by atoms with Crippen LogP contribution in [0.3, 0.4) is 0 Å². The molecule has 0 saturated carbocycles. The fraction of sp³-hybridized carbons (Fsp3) is 0.300. The predicted molar refractivity (Wildman–Crippen MR) is 75.3 cm³/mol. The molecule has 0 amide bonds. The van der Waals surface area contributed by atoms with E-state index in [1.54, 1.807) is 0 Å². The summed E-state index contributed by atoms with van der Waals surface area (Å²) in [7, 11) is -18.0. The van der Waals surface area contributed by atoms with Crippen molar-refractivity contribution in [2.24, 2.45) is 0 Å². The average Bonchev–Trinajstić information content (AvgIpc) is 2.21. The van der Waals surface area contributed by atoms with E-state index in [1.807, 2.05) is 0 Å². The molecule has 26 heavy (non-hydrogen) atoms. The van der Waals surface area contributed by atoms with Gasteiger partial charge in [0, 0.05) is 0 Å². The van der Waals surface area contributed by atoms with Crippen molar-refractivity contribution in [3.05, 3.63) is 41.8 Å². The minimum absolute atomic E-state index is 0. The van der Waals surface area contributed by atoms with Crippen LogP contribution in [0.2, 0.25) is 0 Å². The summed E-state index contributed by atoms with van der Waals surface area (Å²) in [5.41, 5.74) is 1.41. The number of rotatable bonds is 2. The van der Waals surface area contributed by atoms with Gasteiger partial charge in [0.2, 0.25) is 0 Å². The molecular weight excluding hydrogens is 420 g/mol. The number of hydrogen-bond donors (Lipinski definition) is 0. The SMILES string of the molecule is C[C-](C)Cc1ccccc1.F[B-](F)(F)F.F[B-](F)(F)F.F[B-](F)(F)F.[K+]. The van der Waals surface area contributed by atoms with Crippen molar-refractivity contribution in [3.63, 3.8) is 0 Å². The van der Waals surface area contributed by atoms with E-state index in [4.69, 9.17) is 0 Å². The smallest absolute Gasteiger partial charge is 0.418 e. The molecule has 0 radical (unpaired) electrons. The van der Waals surface area contributed by atoms with E-state index in [0.29, 0.717) is 0 Å². The molecule has 0 aliphatic carbocycles. The predicted octanol–water partition coefficient (Wildman–Crippen LogP) is 3.75. The van der Waals surface area contributed by atoms with Gasteiger partial charge in [-0.25, -0.2) is 0 Å². The Morgan fingerprint density at radius 2 is 0.846 bits per heavy atom. The van der Waals surface area contributed by atoms with Crippen LogP contribution in [0.4, 0.5) is 51.8 Å². The third-order valence-electron chi connectivity index (χ3n) is 1.40. The number of halogens is 12. The molecule has 0 fully saturated rings. The molecule has 0 nitrogen and oxygen atoms in total. The molecule has 150 valence electrons. The van der Waals surface area contributed by atoms with Crippen LogP contribution < -0.4 is 51.4 Å². The number of hydrogen-bond acceptors (Lipinski definition) is 0. The van der Waals surface area contributed by atoms with Crippen LogP contribution in [0, 0.1) is 5.92 Å². The quantitative estimate of drug-likeness (QED) is 0.379. The zero-order chi connectivity index (χ0) is 20.9. The van der Waals surface area contributed by atoms with Crippen molar-refractivity contribution >= 4 is 21.8 Å². The van der Waals surface area contributed by atoms with Gasteiger partial charge >= 0.3 is 73.1 Å². The molecule has 1 rings (SSSR count). The summed E-state index contributed by atoms with van der Waals surface area (Å²) in [5.74, 6) is 1.46. The summed E-state index contributed by atoms with van der Waals surface area (Å²) < 4.78 is 117. The van der Waals surface area contributed by atoms with Gasteiger partial charge in [-0.2, -0.15) is 20.3 Å². The molecule has 0 spiro atoms. The molecule has 0 heterocycles. The van der Waals surface area contributed by atoms with Crippen LogP contribution >= 0.6 is 0 Å². The Morgan fingerprint density at radius 3 is 1.04 bits per heavy atom. The summed E-state index contributed by atoms with van der Waals surface area (Å²) in [4.78, 5) is 0. The monoisotopic (exact) mass is 433 g/mol. The number of benzene rings is 1. The van der Waals surface area contributed by atoms with Gasteiger partial charge < -0.3 is 57.7 Å². The van der Waals surface area contributed by atoms with E-state index < -0.39 is 21.8 Å². The molecule has 1 aromatic carbocycles. The van der Waals surface area contributed by atoms with Crippen LogP contribution in [0.25, 0.3) is 0 Å². The zero-order valence-corrected chi connectivity index (χ0v) is 17.0. The standard InChI is InChI=1S/C10H13.3BF4.K/c1-9(2)8-10-6-4-3-5-7-10;3*2-1(3,4)5;/h3-7H,8H2,1-2H3;;;;/q4*-1;+1. The fourth-order valence-electron chi connectivity index (χ4n) is 1.00. The summed E-state index contributed by atoms with van der Waals surface area (Å²) in [6, 6.07) is 10.5. The van der Waals surface area contributed by atoms with Crippen molar-refractivity contribution in [1.29, 1.82) is 0 Å². The Bertz CT molecular complexity index is 371. The first-order valence-electron chi connectivity index (χ1n) is 6.24. The first-order chi connectivity index (χ1) is 10.8. The molecule has 0 aliphatic heterocycles. The second-order valence-electron chi connectivity index (χ2n) is 4.35. The first kappa shape index (κ1) is 33.8. The van der Waals surface area contributed by atoms with Crippen LogP contribution in [-0.2, 0) is 6.42 Å². The summed E-state index contributed by atoms with van der Waals surface area (Å²) in [6.45, 7) is 4.32. The minimum Gasteiger partial charge on any atom is -0.418 e. The normalized spacial score (nSPS) is 10.9. The van der Waals surface area contributed by atoms with Crippen LogP contribution in [-0.4, -0.2) is 21.8 Å². The fourth-order valence-corrected chi connectivity index (χ4v) is 1.00. The van der Waals surface area contributed by atoms with Gasteiger partial charge in [-0.05, 0) is 0 Å². The Hall–Kier alpha value is 0.211. The van der Waals surface area contributed by atoms with Gasteiger partial charge in [0.05, 0.1) is 0 Å². The topological polar surface area (TPSA) is 0 Å². The van der Waals surface area contributed by atoms with E-state index in [1.165, 1.54) is 11.5 Å². The molecule has 0 N–H and O–H groups in total. The maximum Gasteiger partial charge on any atom is 1.00 e. The van der Waals surface area contributed by atoms with E-state index in [9.17, 15) is 51.8 Å². The maximum absolute atomic E-state index is 9.75. The Kier molecular flexibility index (Phi) is 21.0. The summed E-state index contributed by atoms with van der Waals surface area (Å²) in [5, 5.41) is 0. The molecule has 16 heteroatoms. The largest absolute Gasteiger partial charge is 1.00 e. The molecular formula is C10H13B3F12K-3. The molecule has 0 bridgehead atoms. The Balaban J connectivity index is -0.000000132. The second kappa shape index (κ2) is 16.2. The van der Waals surface area contributed by atoms with E-state index in [2.05, 4.69) is 44.2 Å². The van der Waals surface area contributed by atoms with Crippen molar-refractivity contribution < 1.29 is 103 Å². The van der Waals surface area contributed by atoms with Gasteiger partial charge in [-0.15, -0.1) is 0 Å². The molecule has 0 saturated heterocycles. The van der Waals surface area contributed by atoms with Gasteiger partial charge in [-0.1, -0.05) is 35.9 Å². The summed E-state index contributed by atoms with van der Waals surface area (Å²) >= 11 is 0. The van der Waals surface area contributed by atoms with Gasteiger partial charge in [0.15, 0.2) is 0 Å². The van der Waals surface area contributed by atoms with Crippen LogP contribution in [0.15, 0.2) is 30.3 Å². The van der Waals surface area contributed by atoms with Crippen molar-refractivity contribution in [3.8, 4) is 0 Å². The van der Waals surface area contributed by atoms with Crippen molar-refractivity contribution in [1.82, 2.24) is 0 Å². The van der Waals surface area contributed by atoms with Gasteiger partial charge in [-0.3, -0.25) is 0 Å². The van der Waals surface area contributed by atoms with E-state index in [0.717, 1.165) is 6.42 Å². The van der Waals surface area contributed by atoms with Crippen LogP contribution in [0.1, 0.15) is 19.4 Å². The average molecular weight is 433 g/mol. The zero-order valence-electron chi connectivity index (χ0n) is 13.9. The Morgan fingerprint density at radius 1 is 0.615 bits per heavy atom. The molecule has 0 atom stereocenters. The molecule has 1 aromatic rings. The third-order valence-corrected chi connectivity index (χ3v) is 1.40. The Labute approximate surface area is 185 Å². The van der Waals surface area contributed by atoms with Gasteiger partial charge in [0.1, 0.15) is 0 Å². The molecule has 0 aromatic heterocycles. The van der Waals surface area contributed by atoms with E-state index in [-0.39, 0.29) is 51.4 Å². The summed E-state index contributed by atoms with van der Waals surface area (Å²) in [6.07, 6.45) is 1.11. The second-order valence-corrected chi connectivity index (χ2v) is 4.35. The third kappa shape index (κ3) is 87.5. The molecule has 0 unspecified atom stereocenters. The van der Waals surface area contributed by atoms with Crippen molar-refractivity contribution in [2.45, 2.75) is 20.3 Å². The molecule has 0 aliphatic rings. The maximum atomic E-state index is 9.75. The minimum atomic E-state index is -6.00. The first-order valence-corrected chi connectivity index (χ1v) is 6.24. The van der Waals surface area contributed by atoms with E-state index >= 15 is 0 Å². The van der Waals surface area contributed by atoms with Gasteiger partial charge in [0.25, 0.3) is 0 Å².